The monoisotopic (exact) mass is 439 g/mol. The zero-order chi connectivity index (χ0) is 19.8. The van der Waals surface area contributed by atoms with Crippen molar-refractivity contribution in [2.75, 3.05) is 11.9 Å². The van der Waals surface area contributed by atoms with Gasteiger partial charge in [-0.05, 0) is 55.2 Å². The topological polar surface area (TPSA) is 55.4 Å². The van der Waals surface area contributed by atoms with E-state index in [1.54, 1.807) is 0 Å². The van der Waals surface area contributed by atoms with Crippen molar-refractivity contribution in [1.82, 2.24) is 0 Å². The summed E-state index contributed by atoms with van der Waals surface area (Å²) < 4.78 is 69.6. The molecule has 146 valence electrons. The number of benzene rings is 2. The molecule has 0 heterocycles. The van der Waals surface area contributed by atoms with Gasteiger partial charge in [0.2, 0.25) is 0 Å². The Labute approximate surface area is 164 Å². The molecule has 27 heavy (non-hydrogen) atoms. The highest BCUT2D eigenvalue weighted by Crippen LogP contribution is 2.38. The summed E-state index contributed by atoms with van der Waals surface area (Å²) >= 11 is 11.8. The van der Waals surface area contributed by atoms with Crippen LogP contribution in [0.5, 0.6) is 0 Å². The second-order valence-corrected chi connectivity index (χ2v) is 8.57. The lowest BCUT2D eigenvalue weighted by Gasteiger charge is -2.16. The number of anilines is 2. The molecule has 1 N–H and O–H groups in total. The molecule has 2 aromatic rings. The van der Waals surface area contributed by atoms with E-state index in [1.807, 2.05) is 0 Å². The molecule has 0 radical (unpaired) electrons. The van der Waals surface area contributed by atoms with Crippen LogP contribution in [0.15, 0.2) is 41.3 Å². The number of rotatable bonds is 6. The molecule has 2 aromatic carbocycles. The maximum absolute atomic E-state index is 13.4. The predicted molar refractivity (Wildman–Crippen MR) is 97.1 cm³/mol. The Morgan fingerprint density at radius 1 is 1.11 bits per heavy atom. The number of halogens is 5. The molecule has 4 nitrogen and oxygen atoms in total. The molecule has 1 fully saturated rings. The van der Waals surface area contributed by atoms with Crippen LogP contribution >= 0.6 is 23.2 Å². The van der Waals surface area contributed by atoms with Crippen molar-refractivity contribution in [3.8, 4) is 0 Å². The fourth-order valence-corrected chi connectivity index (χ4v) is 3.96. The van der Waals surface area contributed by atoms with Crippen LogP contribution in [0, 0.1) is 5.92 Å². The number of hydrogen-bond acceptors (Lipinski definition) is 4. The van der Waals surface area contributed by atoms with E-state index in [1.165, 1.54) is 24.3 Å². The average Bonchev–Trinajstić information content (AvgIpc) is 3.39. The standard InChI is InChI=1S/C17H14Cl2F3NO3S/c18-11-3-5-15(14(19)7-11)23-12-4-6-16(13(8-12)17(20,21)22)27(24,25)26-9-10-1-2-10/h3-8,10,23H,1-2,9H2. The maximum Gasteiger partial charge on any atom is 0.417 e. The minimum atomic E-state index is -4.88. The van der Waals surface area contributed by atoms with E-state index in [-0.39, 0.29) is 23.2 Å². The summed E-state index contributed by atoms with van der Waals surface area (Å²) in [5.41, 5.74) is -0.962. The average molecular weight is 440 g/mol. The quantitative estimate of drug-likeness (QED) is 0.571. The molecule has 0 unspecified atom stereocenters. The summed E-state index contributed by atoms with van der Waals surface area (Å²) in [6, 6.07) is 7.25. The predicted octanol–water partition coefficient (Wildman–Crippen LogP) is 5.87. The van der Waals surface area contributed by atoms with E-state index in [2.05, 4.69) is 5.32 Å². The van der Waals surface area contributed by atoms with Gasteiger partial charge < -0.3 is 5.32 Å². The van der Waals surface area contributed by atoms with Gasteiger partial charge in [0, 0.05) is 10.7 Å². The third-order valence-corrected chi connectivity index (χ3v) is 5.81. The van der Waals surface area contributed by atoms with Gasteiger partial charge in [-0.1, -0.05) is 23.2 Å². The van der Waals surface area contributed by atoms with Crippen molar-refractivity contribution >= 4 is 44.7 Å². The van der Waals surface area contributed by atoms with Crippen LogP contribution in [0.25, 0.3) is 0 Å². The van der Waals surface area contributed by atoms with Crippen molar-refractivity contribution in [3.63, 3.8) is 0 Å². The Kier molecular flexibility index (Phi) is 5.63. The first-order chi connectivity index (χ1) is 12.6. The van der Waals surface area contributed by atoms with Gasteiger partial charge in [-0.2, -0.15) is 21.6 Å². The van der Waals surface area contributed by atoms with Crippen LogP contribution in [0.1, 0.15) is 18.4 Å². The van der Waals surface area contributed by atoms with Crippen LogP contribution in [0.2, 0.25) is 10.0 Å². The zero-order valence-corrected chi connectivity index (χ0v) is 16.0. The van der Waals surface area contributed by atoms with E-state index in [0.29, 0.717) is 16.8 Å². The van der Waals surface area contributed by atoms with Crippen molar-refractivity contribution < 1.29 is 25.8 Å². The summed E-state index contributed by atoms with van der Waals surface area (Å²) in [5.74, 6) is 0.0853. The third kappa shape index (κ3) is 5.07. The first-order valence-electron chi connectivity index (χ1n) is 7.89. The third-order valence-electron chi connectivity index (χ3n) is 3.92. The van der Waals surface area contributed by atoms with Crippen LogP contribution in [0.3, 0.4) is 0 Å². The summed E-state index contributed by atoms with van der Waals surface area (Å²) in [7, 11) is -4.52. The van der Waals surface area contributed by atoms with Crippen molar-refractivity contribution in [1.29, 1.82) is 0 Å². The normalized spacial score (nSPS) is 15.0. The molecule has 0 aromatic heterocycles. The van der Waals surface area contributed by atoms with E-state index in [0.717, 1.165) is 18.9 Å². The summed E-state index contributed by atoms with van der Waals surface area (Å²) in [6.07, 6.45) is -3.26. The number of alkyl halides is 3. The SMILES string of the molecule is O=S(=O)(OCC1CC1)c1ccc(Nc2ccc(Cl)cc2Cl)cc1C(F)(F)F. The van der Waals surface area contributed by atoms with Crippen LogP contribution in [0.4, 0.5) is 24.5 Å². The first kappa shape index (κ1) is 20.3. The molecule has 0 atom stereocenters. The second kappa shape index (κ2) is 7.50. The van der Waals surface area contributed by atoms with Crippen LogP contribution in [-0.4, -0.2) is 15.0 Å². The van der Waals surface area contributed by atoms with E-state index in [4.69, 9.17) is 27.4 Å². The maximum atomic E-state index is 13.4. The summed E-state index contributed by atoms with van der Waals surface area (Å²) in [5, 5.41) is 3.30. The lowest BCUT2D eigenvalue weighted by molar-refractivity contribution is -0.139. The van der Waals surface area contributed by atoms with E-state index < -0.39 is 26.8 Å². The Morgan fingerprint density at radius 3 is 2.41 bits per heavy atom. The smallest absolute Gasteiger partial charge is 0.354 e. The fraction of sp³-hybridized carbons (Fsp3) is 0.294. The van der Waals surface area contributed by atoms with E-state index >= 15 is 0 Å². The lowest BCUT2D eigenvalue weighted by atomic mass is 10.2. The van der Waals surface area contributed by atoms with Gasteiger partial charge in [0.25, 0.3) is 10.1 Å². The molecule has 0 amide bonds. The lowest BCUT2D eigenvalue weighted by Crippen LogP contribution is -2.16. The minimum Gasteiger partial charge on any atom is -0.354 e. The highest BCUT2D eigenvalue weighted by Gasteiger charge is 2.38. The molecule has 0 aliphatic heterocycles. The summed E-state index contributed by atoms with van der Waals surface area (Å²) in [6.45, 7) is -0.111. The van der Waals surface area contributed by atoms with Crippen molar-refractivity contribution in [3.05, 3.63) is 52.0 Å². The molecule has 1 saturated carbocycles. The Balaban J connectivity index is 1.94. The van der Waals surface area contributed by atoms with Gasteiger partial charge in [-0.15, -0.1) is 0 Å². The molecule has 3 rings (SSSR count). The molecule has 0 saturated heterocycles. The molecular weight excluding hydrogens is 426 g/mol. The first-order valence-corrected chi connectivity index (χ1v) is 10.1. The van der Waals surface area contributed by atoms with Crippen LogP contribution in [-0.2, 0) is 20.5 Å². The van der Waals surface area contributed by atoms with Gasteiger partial charge in [0.1, 0.15) is 4.90 Å². The Morgan fingerprint density at radius 2 is 1.81 bits per heavy atom. The molecular formula is C17H14Cl2F3NO3S. The molecule has 0 spiro atoms. The highest BCUT2D eigenvalue weighted by atomic mass is 35.5. The fourth-order valence-electron chi connectivity index (χ4n) is 2.33. The zero-order valence-electron chi connectivity index (χ0n) is 13.7. The number of hydrogen-bond donors (Lipinski definition) is 1. The van der Waals surface area contributed by atoms with Crippen molar-refractivity contribution in [2.24, 2.45) is 5.92 Å². The van der Waals surface area contributed by atoms with Gasteiger partial charge >= 0.3 is 6.18 Å². The van der Waals surface area contributed by atoms with Gasteiger partial charge in [-0.25, -0.2) is 0 Å². The van der Waals surface area contributed by atoms with Gasteiger partial charge in [0.15, 0.2) is 0 Å². The van der Waals surface area contributed by atoms with E-state index in [9.17, 15) is 21.6 Å². The molecule has 1 aliphatic carbocycles. The van der Waals surface area contributed by atoms with Gasteiger partial charge in [0.05, 0.1) is 22.9 Å². The summed E-state index contributed by atoms with van der Waals surface area (Å²) in [4.78, 5) is -0.914. The molecule has 10 heteroatoms. The molecule has 1 aliphatic rings. The van der Waals surface area contributed by atoms with Crippen molar-refractivity contribution in [2.45, 2.75) is 23.9 Å². The molecule has 0 bridgehead atoms. The Hall–Kier alpha value is -1.48. The Bertz CT molecular complexity index is 960. The highest BCUT2D eigenvalue weighted by molar-refractivity contribution is 7.86. The largest absolute Gasteiger partial charge is 0.417 e. The second-order valence-electron chi connectivity index (χ2n) is 6.14. The van der Waals surface area contributed by atoms with Gasteiger partial charge in [-0.3, -0.25) is 4.18 Å². The number of nitrogens with one attached hydrogen (secondary N) is 1. The minimum absolute atomic E-state index is 0.0210. The van der Waals surface area contributed by atoms with Crippen LogP contribution < -0.4 is 5.32 Å².